The third-order valence-corrected chi connectivity index (χ3v) is 6.21. The summed E-state index contributed by atoms with van der Waals surface area (Å²) in [6, 6.07) is 13.6. The zero-order chi connectivity index (χ0) is 20.1. The molecule has 1 amide bonds. The summed E-state index contributed by atoms with van der Waals surface area (Å²) in [6.07, 6.45) is 0.877. The number of carbonyl (C=O) groups excluding carboxylic acids is 1. The molecule has 8 heteroatoms. The first-order valence-electron chi connectivity index (χ1n) is 9.24. The highest BCUT2D eigenvalue weighted by Gasteiger charge is 2.22. The maximum Gasteiger partial charge on any atom is 0.261 e. The smallest absolute Gasteiger partial charge is 0.261 e. The van der Waals surface area contributed by atoms with Crippen molar-refractivity contribution in [2.24, 2.45) is 0 Å². The van der Waals surface area contributed by atoms with E-state index in [0.29, 0.717) is 18.7 Å². The molecule has 0 atom stereocenters. The lowest BCUT2D eigenvalue weighted by molar-refractivity contribution is 0.0985. The summed E-state index contributed by atoms with van der Waals surface area (Å²) in [5.41, 5.74) is 1.60. The van der Waals surface area contributed by atoms with Gasteiger partial charge in [0.05, 0.1) is 22.4 Å². The number of ether oxygens (including phenoxy) is 1. The van der Waals surface area contributed by atoms with Gasteiger partial charge in [-0.25, -0.2) is 4.98 Å². The van der Waals surface area contributed by atoms with Crippen LogP contribution in [-0.4, -0.2) is 49.6 Å². The van der Waals surface area contributed by atoms with Crippen LogP contribution < -0.4 is 9.64 Å². The molecule has 0 radical (unpaired) electrons. The van der Waals surface area contributed by atoms with Gasteiger partial charge in [0.15, 0.2) is 5.13 Å². The van der Waals surface area contributed by atoms with E-state index in [2.05, 4.69) is 27.5 Å². The van der Waals surface area contributed by atoms with Crippen molar-refractivity contribution in [2.75, 3.05) is 38.7 Å². The van der Waals surface area contributed by atoms with Crippen LogP contribution in [0, 0.1) is 3.57 Å². The molecular weight excluding hydrogens is 521 g/mol. The van der Waals surface area contributed by atoms with Gasteiger partial charge in [-0.3, -0.25) is 9.69 Å². The minimum Gasteiger partial charge on any atom is -0.494 e. The van der Waals surface area contributed by atoms with E-state index in [1.165, 1.54) is 11.3 Å². The Bertz CT molecular complexity index is 964. The van der Waals surface area contributed by atoms with E-state index >= 15 is 0 Å². The standard InChI is InChI=1S/C21H24IN3O2S.ClH/c1-4-27-15-10-11-18-19(14-15)28-21(23-18)25(13-7-12-24(2)3)20(26)16-8-5-6-9-17(16)22;/h5-6,8-11,14H,4,7,12-13H2,1-3H3;1H. The van der Waals surface area contributed by atoms with Crippen LogP contribution in [0.3, 0.4) is 0 Å². The summed E-state index contributed by atoms with van der Waals surface area (Å²) in [4.78, 5) is 22.0. The summed E-state index contributed by atoms with van der Waals surface area (Å²) in [6.45, 7) is 4.13. The van der Waals surface area contributed by atoms with Gasteiger partial charge in [-0.1, -0.05) is 23.5 Å². The molecule has 3 aromatic rings. The monoisotopic (exact) mass is 545 g/mol. The van der Waals surface area contributed by atoms with Crippen molar-refractivity contribution in [3.63, 3.8) is 0 Å². The van der Waals surface area contributed by atoms with E-state index < -0.39 is 0 Å². The van der Waals surface area contributed by atoms with Crippen LogP contribution in [0.15, 0.2) is 42.5 Å². The molecule has 156 valence electrons. The number of carbonyl (C=O) groups is 1. The molecule has 1 heterocycles. The van der Waals surface area contributed by atoms with Gasteiger partial charge in [-0.2, -0.15) is 0 Å². The predicted molar refractivity (Wildman–Crippen MR) is 132 cm³/mol. The average molecular weight is 546 g/mol. The largest absolute Gasteiger partial charge is 0.494 e. The maximum absolute atomic E-state index is 13.3. The molecule has 0 N–H and O–H groups in total. The van der Waals surface area contributed by atoms with Gasteiger partial charge in [0.25, 0.3) is 5.91 Å². The van der Waals surface area contributed by atoms with Crippen LogP contribution in [0.2, 0.25) is 0 Å². The second-order valence-electron chi connectivity index (χ2n) is 6.65. The van der Waals surface area contributed by atoms with Gasteiger partial charge in [0.1, 0.15) is 5.75 Å². The molecule has 5 nitrogen and oxygen atoms in total. The normalized spacial score (nSPS) is 10.8. The van der Waals surface area contributed by atoms with E-state index in [-0.39, 0.29) is 18.3 Å². The molecule has 0 spiro atoms. The van der Waals surface area contributed by atoms with Gasteiger partial charge in [0, 0.05) is 10.1 Å². The quantitative estimate of drug-likeness (QED) is 0.360. The molecule has 2 aromatic carbocycles. The fraction of sp³-hybridized carbons (Fsp3) is 0.333. The summed E-state index contributed by atoms with van der Waals surface area (Å²) < 4.78 is 7.57. The topological polar surface area (TPSA) is 45.7 Å². The first kappa shape index (κ1) is 23.9. The Morgan fingerprint density at radius 3 is 2.62 bits per heavy atom. The number of rotatable bonds is 8. The number of aromatic nitrogens is 1. The fourth-order valence-corrected chi connectivity index (χ4v) is 4.51. The molecule has 0 saturated carbocycles. The van der Waals surface area contributed by atoms with Crippen molar-refractivity contribution < 1.29 is 9.53 Å². The molecular formula is C21H25ClIN3O2S. The van der Waals surface area contributed by atoms with Gasteiger partial charge in [-0.15, -0.1) is 12.4 Å². The molecule has 1 aromatic heterocycles. The van der Waals surface area contributed by atoms with Gasteiger partial charge in [0.2, 0.25) is 0 Å². The summed E-state index contributed by atoms with van der Waals surface area (Å²) in [5, 5.41) is 0.729. The third kappa shape index (κ3) is 6.04. The Balaban J connectivity index is 0.00000300. The number of nitrogens with zero attached hydrogens (tertiary/aromatic N) is 3. The first-order chi connectivity index (χ1) is 13.5. The molecule has 29 heavy (non-hydrogen) atoms. The SMILES string of the molecule is CCOc1ccc2nc(N(CCCN(C)C)C(=O)c3ccccc3I)sc2c1.Cl. The lowest BCUT2D eigenvalue weighted by Gasteiger charge is -2.21. The Kier molecular flexibility index (Phi) is 9.13. The average Bonchev–Trinajstić information content (AvgIpc) is 3.08. The molecule has 0 unspecified atom stereocenters. The van der Waals surface area contributed by atoms with E-state index in [1.54, 1.807) is 0 Å². The summed E-state index contributed by atoms with van der Waals surface area (Å²) in [7, 11) is 4.08. The Labute approximate surface area is 195 Å². The summed E-state index contributed by atoms with van der Waals surface area (Å²) >= 11 is 3.75. The van der Waals surface area contributed by atoms with Crippen molar-refractivity contribution in [1.82, 2.24) is 9.88 Å². The van der Waals surface area contributed by atoms with Crippen molar-refractivity contribution >= 4 is 67.6 Å². The van der Waals surface area contributed by atoms with Gasteiger partial charge >= 0.3 is 0 Å². The van der Waals surface area contributed by atoms with Crippen LogP contribution in [0.5, 0.6) is 5.75 Å². The minimum absolute atomic E-state index is 0. The summed E-state index contributed by atoms with van der Waals surface area (Å²) in [5.74, 6) is 0.820. The molecule has 0 aliphatic carbocycles. The van der Waals surface area contributed by atoms with E-state index in [9.17, 15) is 4.79 Å². The fourth-order valence-electron chi connectivity index (χ4n) is 2.87. The highest BCUT2D eigenvalue weighted by molar-refractivity contribution is 14.1. The molecule has 0 aliphatic rings. The Hall–Kier alpha value is -1.42. The van der Waals surface area contributed by atoms with Crippen LogP contribution in [-0.2, 0) is 0 Å². The molecule has 0 saturated heterocycles. The second-order valence-corrected chi connectivity index (χ2v) is 8.82. The Morgan fingerprint density at radius 1 is 1.17 bits per heavy atom. The van der Waals surface area contributed by atoms with Crippen LogP contribution in [0.1, 0.15) is 23.7 Å². The first-order valence-corrected chi connectivity index (χ1v) is 11.1. The lowest BCUT2D eigenvalue weighted by Crippen LogP contribution is -2.33. The highest BCUT2D eigenvalue weighted by atomic mass is 127. The number of fused-ring (bicyclic) bond motifs is 1. The van der Waals surface area contributed by atoms with Crippen LogP contribution >= 0.6 is 46.3 Å². The van der Waals surface area contributed by atoms with E-state index in [4.69, 9.17) is 9.72 Å². The van der Waals surface area contributed by atoms with E-state index in [1.807, 2.05) is 68.4 Å². The second kappa shape index (κ2) is 11.1. The minimum atomic E-state index is -0.00663. The zero-order valence-corrected chi connectivity index (χ0v) is 20.5. The number of halogens is 2. The van der Waals surface area contributed by atoms with Crippen molar-refractivity contribution in [2.45, 2.75) is 13.3 Å². The molecule has 3 rings (SSSR count). The Morgan fingerprint density at radius 2 is 1.93 bits per heavy atom. The number of amides is 1. The lowest BCUT2D eigenvalue weighted by atomic mass is 10.2. The predicted octanol–water partition coefficient (Wildman–Crippen LogP) is 5.32. The zero-order valence-electron chi connectivity index (χ0n) is 16.7. The number of hydrogen-bond acceptors (Lipinski definition) is 5. The van der Waals surface area contributed by atoms with Crippen molar-refractivity contribution in [3.05, 3.63) is 51.6 Å². The molecule has 0 fully saturated rings. The van der Waals surface area contributed by atoms with Crippen LogP contribution in [0.25, 0.3) is 10.2 Å². The van der Waals surface area contributed by atoms with Crippen LogP contribution in [0.4, 0.5) is 5.13 Å². The van der Waals surface area contributed by atoms with Gasteiger partial charge < -0.3 is 9.64 Å². The van der Waals surface area contributed by atoms with E-state index in [0.717, 1.165) is 37.6 Å². The number of anilines is 1. The van der Waals surface area contributed by atoms with Crippen molar-refractivity contribution in [3.8, 4) is 5.75 Å². The number of hydrogen-bond donors (Lipinski definition) is 0. The number of benzene rings is 2. The highest BCUT2D eigenvalue weighted by Crippen LogP contribution is 2.32. The third-order valence-electron chi connectivity index (χ3n) is 4.23. The number of thiazole rings is 1. The molecule has 0 aliphatic heterocycles. The van der Waals surface area contributed by atoms with Gasteiger partial charge in [-0.05, 0) is 86.9 Å². The molecule has 0 bridgehead atoms. The maximum atomic E-state index is 13.3. The van der Waals surface area contributed by atoms with Crippen molar-refractivity contribution in [1.29, 1.82) is 0 Å².